The first-order chi connectivity index (χ1) is 10.7. The van der Waals surface area contributed by atoms with Crippen molar-refractivity contribution >= 4 is 12.1 Å². The number of hydrogen-bond donors (Lipinski definition) is 0. The molecule has 2 aromatic carbocycles. The van der Waals surface area contributed by atoms with Crippen LogP contribution in [0.2, 0.25) is 0 Å². The molecule has 0 fully saturated rings. The minimum Gasteiger partial charge on any atom is -0.303 e. The predicted octanol–water partition coefficient (Wildman–Crippen LogP) is 4.64. The van der Waals surface area contributed by atoms with Crippen LogP contribution < -0.4 is 0 Å². The van der Waals surface area contributed by atoms with Crippen LogP contribution in [0.25, 0.3) is 11.1 Å². The molecule has 0 aliphatic heterocycles. The number of carbonyl (C=O) groups excluding carboxylic acids is 2. The average molecular weight is 294 g/mol. The Hall–Kier alpha value is -2.22. The zero-order valence-electron chi connectivity index (χ0n) is 13.3. The van der Waals surface area contributed by atoms with Crippen LogP contribution >= 0.6 is 0 Å². The molecule has 2 nitrogen and oxygen atoms in total. The van der Waals surface area contributed by atoms with Crippen LogP contribution in [0.1, 0.15) is 48.2 Å². The maximum absolute atomic E-state index is 12.2. The van der Waals surface area contributed by atoms with E-state index in [1.165, 1.54) is 0 Å². The van der Waals surface area contributed by atoms with Crippen LogP contribution in [0.15, 0.2) is 42.5 Å². The summed E-state index contributed by atoms with van der Waals surface area (Å²) in [5.74, 6) is 0.179. The van der Waals surface area contributed by atoms with Gasteiger partial charge in [0, 0.05) is 18.4 Å². The van der Waals surface area contributed by atoms with Crippen molar-refractivity contribution in [1.29, 1.82) is 0 Å². The lowest BCUT2D eigenvalue weighted by Gasteiger charge is -2.12. The highest BCUT2D eigenvalue weighted by Gasteiger charge is 2.12. The third-order valence-electron chi connectivity index (χ3n) is 3.88. The van der Waals surface area contributed by atoms with Crippen LogP contribution in [0.5, 0.6) is 0 Å². The Morgan fingerprint density at radius 3 is 2.50 bits per heavy atom. The molecule has 2 heteroatoms. The second-order valence-electron chi connectivity index (χ2n) is 5.43. The van der Waals surface area contributed by atoms with E-state index in [0.717, 1.165) is 46.9 Å². The number of ketones is 1. The highest BCUT2D eigenvalue weighted by atomic mass is 16.1. The minimum atomic E-state index is 0.179. The average Bonchev–Trinajstić information content (AvgIpc) is 2.56. The van der Waals surface area contributed by atoms with E-state index >= 15 is 0 Å². The molecule has 0 aliphatic carbocycles. The van der Waals surface area contributed by atoms with Gasteiger partial charge in [-0.25, -0.2) is 0 Å². The molecule has 114 valence electrons. The summed E-state index contributed by atoms with van der Waals surface area (Å²) >= 11 is 0. The van der Waals surface area contributed by atoms with E-state index in [9.17, 15) is 9.59 Å². The third kappa shape index (κ3) is 3.51. The molecule has 2 rings (SSSR count). The van der Waals surface area contributed by atoms with Gasteiger partial charge in [-0.15, -0.1) is 0 Å². The number of benzene rings is 2. The zero-order valence-corrected chi connectivity index (χ0v) is 13.3. The van der Waals surface area contributed by atoms with Crippen LogP contribution in [0.3, 0.4) is 0 Å². The molecule has 0 amide bonds. The summed E-state index contributed by atoms with van der Waals surface area (Å²) in [6.07, 6.45) is 3.75. The van der Waals surface area contributed by atoms with Gasteiger partial charge < -0.3 is 4.79 Å². The molecule has 22 heavy (non-hydrogen) atoms. The van der Waals surface area contributed by atoms with Crippen molar-refractivity contribution in [2.75, 3.05) is 0 Å². The van der Waals surface area contributed by atoms with Crippen LogP contribution in [-0.2, 0) is 17.6 Å². The molecule has 0 bridgehead atoms. The van der Waals surface area contributed by atoms with Gasteiger partial charge >= 0.3 is 0 Å². The molecule has 0 aliphatic rings. The maximum Gasteiger partial charge on any atom is 0.162 e. The predicted molar refractivity (Wildman–Crippen MR) is 90.3 cm³/mol. The number of Topliss-reactive ketones (excluding diaryl/α,β-unsaturated/α-hetero) is 1. The minimum absolute atomic E-state index is 0.179. The first-order valence-corrected chi connectivity index (χ1v) is 7.89. The van der Waals surface area contributed by atoms with Crippen molar-refractivity contribution in [3.8, 4) is 11.1 Å². The Bertz CT molecular complexity index is 671. The highest BCUT2D eigenvalue weighted by molar-refractivity contribution is 5.98. The first-order valence-electron chi connectivity index (χ1n) is 7.89. The van der Waals surface area contributed by atoms with Crippen LogP contribution in [0.4, 0.5) is 0 Å². The van der Waals surface area contributed by atoms with E-state index in [4.69, 9.17) is 0 Å². The fourth-order valence-corrected chi connectivity index (χ4v) is 2.75. The van der Waals surface area contributed by atoms with Gasteiger partial charge in [-0.1, -0.05) is 56.7 Å². The molecule has 0 N–H and O–H groups in total. The quantitative estimate of drug-likeness (QED) is 0.550. The van der Waals surface area contributed by atoms with Crippen molar-refractivity contribution in [2.45, 2.75) is 39.5 Å². The summed E-state index contributed by atoms with van der Waals surface area (Å²) in [7, 11) is 0. The molecule has 0 saturated carbocycles. The molecule has 0 aromatic heterocycles. The Balaban J connectivity index is 2.53. The van der Waals surface area contributed by atoms with Gasteiger partial charge in [-0.2, -0.15) is 0 Å². The van der Waals surface area contributed by atoms with Gasteiger partial charge in [0.1, 0.15) is 6.29 Å². The molecule has 0 spiro atoms. The normalized spacial score (nSPS) is 10.5. The number of aryl methyl sites for hydroxylation is 1. The second kappa shape index (κ2) is 7.69. The molecule has 0 heterocycles. The van der Waals surface area contributed by atoms with Crippen molar-refractivity contribution in [1.82, 2.24) is 0 Å². The third-order valence-corrected chi connectivity index (χ3v) is 3.88. The fourth-order valence-electron chi connectivity index (χ4n) is 2.75. The lowest BCUT2D eigenvalue weighted by atomic mass is 9.91. The summed E-state index contributed by atoms with van der Waals surface area (Å²) in [4.78, 5) is 23.1. The van der Waals surface area contributed by atoms with E-state index in [1.54, 1.807) is 0 Å². The Morgan fingerprint density at radius 1 is 1.05 bits per heavy atom. The number of hydrogen-bond acceptors (Lipinski definition) is 2. The molecule has 0 atom stereocenters. The van der Waals surface area contributed by atoms with E-state index in [1.807, 2.05) is 37.3 Å². The molecular weight excluding hydrogens is 272 g/mol. The van der Waals surface area contributed by atoms with Gasteiger partial charge in [0.05, 0.1) is 0 Å². The Kier molecular flexibility index (Phi) is 5.65. The van der Waals surface area contributed by atoms with Gasteiger partial charge in [-0.3, -0.25) is 4.79 Å². The van der Waals surface area contributed by atoms with E-state index < -0.39 is 0 Å². The Morgan fingerprint density at radius 2 is 1.82 bits per heavy atom. The smallest absolute Gasteiger partial charge is 0.162 e. The molecule has 0 unspecified atom stereocenters. The van der Waals surface area contributed by atoms with Gasteiger partial charge in [0.15, 0.2) is 5.78 Å². The molecule has 0 radical (unpaired) electrons. The Labute approximate surface area is 132 Å². The fraction of sp³-hybridized carbons (Fsp3) is 0.300. The van der Waals surface area contributed by atoms with Crippen LogP contribution in [0, 0.1) is 0 Å². The van der Waals surface area contributed by atoms with Gasteiger partial charge in [-0.05, 0) is 34.7 Å². The molecular formula is C20H22O2. The number of carbonyl (C=O) groups is 2. The SMILES string of the molecule is CCCc1ccc(-c2ccccc2CC=O)cc1C(=O)CC. The summed E-state index contributed by atoms with van der Waals surface area (Å²) in [5, 5.41) is 0. The lowest BCUT2D eigenvalue weighted by Crippen LogP contribution is -2.03. The zero-order chi connectivity index (χ0) is 15.9. The molecule has 2 aromatic rings. The van der Waals surface area contributed by atoms with E-state index in [-0.39, 0.29) is 5.78 Å². The topological polar surface area (TPSA) is 34.1 Å². The maximum atomic E-state index is 12.2. The largest absolute Gasteiger partial charge is 0.303 e. The lowest BCUT2D eigenvalue weighted by molar-refractivity contribution is -0.107. The highest BCUT2D eigenvalue weighted by Crippen LogP contribution is 2.27. The standard InChI is InChI=1S/C20H22O2/c1-3-7-15-10-11-17(14-19(15)20(22)4-2)18-9-6-5-8-16(18)12-13-21/h5-6,8-11,13-14H,3-4,7,12H2,1-2H3. The van der Waals surface area contributed by atoms with Crippen molar-refractivity contribution in [2.24, 2.45) is 0 Å². The summed E-state index contributed by atoms with van der Waals surface area (Å²) in [6, 6.07) is 14.0. The van der Waals surface area contributed by atoms with Crippen molar-refractivity contribution in [3.05, 3.63) is 59.2 Å². The second-order valence-corrected chi connectivity index (χ2v) is 5.43. The van der Waals surface area contributed by atoms with E-state index in [0.29, 0.717) is 12.8 Å². The van der Waals surface area contributed by atoms with Crippen molar-refractivity contribution < 1.29 is 9.59 Å². The number of aldehydes is 1. The summed E-state index contributed by atoms with van der Waals surface area (Å²) in [5.41, 5.74) is 4.97. The first kappa shape index (κ1) is 16.2. The van der Waals surface area contributed by atoms with Crippen LogP contribution in [-0.4, -0.2) is 12.1 Å². The molecule has 0 saturated heterocycles. The number of rotatable bonds is 7. The van der Waals surface area contributed by atoms with Crippen molar-refractivity contribution in [3.63, 3.8) is 0 Å². The summed E-state index contributed by atoms with van der Waals surface area (Å²) < 4.78 is 0. The van der Waals surface area contributed by atoms with Gasteiger partial charge in [0.25, 0.3) is 0 Å². The monoisotopic (exact) mass is 294 g/mol. The summed E-state index contributed by atoms with van der Waals surface area (Å²) in [6.45, 7) is 4.01. The van der Waals surface area contributed by atoms with Gasteiger partial charge in [0.2, 0.25) is 0 Å². The van der Waals surface area contributed by atoms with E-state index in [2.05, 4.69) is 19.1 Å².